The minimum Gasteiger partial charge on any atom is -0.388 e. The van der Waals surface area contributed by atoms with Gasteiger partial charge in [0.2, 0.25) is 5.95 Å². The maximum absolute atomic E-state index is 12.8. The molecule has 0 aromatic carbocycles. The van der Waals surface area contributed by atoms with Crippen LogP contribution in [-0.4, -0.2) is 40.4 Å². The SMILES string of the molecule is Nc1ncc(C(F)(F)F)c(NCC2(O)CCOCC2)n1. The Hall–Kier alpha value is -1.61. The third-order valence-corrected chi connectivity index (χ3v) is 3.12. The van der Waals surface area contributed by atoms with E-state index in [-0.39, 0.29) is 12.5 Å². The van der Waals surface area contributed by atoms with Gasteiger partial charge in [-0.2, -0.15) is 18.2 Å². The summed E-state index contributed by atoms with van der Waals surface area (Å²) >= 11 is 0. The molecule has 1 fully saturated rings. The number of rotatable bonds is 3. The minimum atomic E-state index is -4.59. The van der Waals surface area contributed by atoms with Crippen molar-refractivity contribution < 1.29 is 23.0 Å². The first-order valence-corrected chi connectivity index (χ1v) is 6.04. The van der Waals surface area contributed by atoms with Gasteiger partial charge in [0.25, 0.3) is 0 Å². The number of nitrogen functional groups attached to an aromatic ring is 1. The molecule has 2 rings (SSSR count). The lowest BCUT2D eigenvalue weighted by atomic mass is 9.94. The molecule has 0 unspecified atom stereocenters. The van der Waals surface area contributed by atoms with Crippen LogP contribution in [0.25, 0.3) is 0 Å². The Labute approximate surface area is 113 Å². The number of anilines is 2. The molecule has 0 amide bonds. The maximum Gasteiger partial charge on any atom is 0.421 e. The van der Waals surface area contributed by atoms with Crippen LogP contribution in [0.5, 0.6) is 0 Å². The number of halogens is 3. The van der Waals surface area contributed by atoms with Crippen molar-refractivity contribution in [2.75, 3.05) is 30.8 Å². The number of nitrogens with zero attached hydrogens (tertiary/aromatic N) is 2. The average Bonchev–Trinajstić information content (AvgIpc) is 2.36. The van der Waals surface area contributed by atoms with Gasteiger partial charge in [-0.25, -0.2) is 4.98 Å². The fourth-order valence-corrected chi connectivity index (χ4v) is 1.91. The standard InChI is InChI=1S/C11H15F3N4O2/c12-11(13,14)7-5-16-9(15)18-8(7)17-6-10(19)1-3-20-4-2-10/h5,19H,1-4,6H2,(H3,15,16,17,18). The number of aliphatic hydroxyl groups is 1. The Kier molecular flexibility index (Phi) is 4.00. The highest BCUT2D eigenvalue weighted by molar-refractivity contribution is 5.47. The van der Waals surface area contributed by atoms with Crippen molar-refractivity contribution in [3.63, 3.8) is 0 Å². The fourth-order valence-electron chi connectivity index (χ4n) is 1.91. The Morgan fingerprint density at radius 3 is 2.65 bits per heavy atom. The molecule has 1 aliphatic rings. The molecule has 0 saturated carbocycles. The van der Waals surface area contributed by atoms with Gasteiger partial charge in [0.15, 0.2) is 0 Å². The summed E-state index contributed by atoms with van der Waals surface area (Å²) in [6.07, 6.45) is -3.27. The fraction of sp³-hybridized carbons (Fsp3) is 0.636. The molecule has 1 aromatic heterocycles. The van der Waals surface area contributed by atoms with Crippen LogP contribution in [0.15, 0.2) is 6.20 Å². The van der Waals surface area contributed by atoms with Crippen molar-refractivity contribution in [1.29, 1.82) is 0 Å². The van der Waals surface area contributed by atoms with Gasteiger partial charge >= 0.3 is 6.18 Å². The van der Waals surface area contributed by atoms with Gasteiger partial charge in [0, 0.05) is 38.8 Å². The molecule has 6 nitrogen and oxygen atoms in total. The van der Waals surface area contributed by atoms with Crippen molar-refractivity contribution in [3.05, 3.63) is 11.8 Å². The van der Waals surface area contributed by atoms with Gasteiger partial charge in [0.05, 0.1) is 5.60 Å². The summed E-state index contributed by atoms with van der Waals surface area (Å²) in [5.74, 6) is -0.690. The summed E-state index contributed by atoms with van der Waals surface area (Å²) in [7, 11) is 0. The van der Waals surface area contributed by atoms with Crippen LogP contribution < -0.4 is 11.1 Å². The third kappa shape index (κ3) is 3.48. The molecular weight excluding hydrogens is 277 g/mol. The normalized spacial score (nSPS) is 18.8. The number of nitrogens with one attached hydrogen (secondary N) is 1. The predicted molar refractivity (Wildman–Crippen MR) is 64.9 cm³/mol. The first-order valence-electron chi connectivity index (χ1n) is 6.04. The highest BCUT2D eigenvalue weighted by Crippen LogP contribution is 2.34. The van der Waals surface area contributed by atoms with Crippen LogP contribution in [0, 0.1) is 0 Å². The molecule has 1 saturated heterocycles. The van der Waals surface area contributed by atoms with Crippen LogP contribution in [0.4, 0.5) is 24.9 Å². The number of hydrogen-bond acceptors (Lipinski definition) is 6. The van der Waals surface area contributed by atoms with E-state index in [2.05, 4.69) is 15.3 Å². The summed E-state index contributed by atoms with van der Waals surface area (Å²) < 4.78 is 43.5. The minimum absolute atomic E-state index is 0.0596. The van der Waals surface area contributed by atoms with Gasteiger partial charge in [-0.1, -0.05) is 0 Å². The third-order valence-electron chi connectivity index (χ3n) is 3.12. The molecule has 0 radical (unpaired) electrons. The lowest BCUT2D eigenvalue weighted by Crippen LogP contribution is -2.42. The van der Waals surface area contributed by atoms with Crippen LogP contribution in [0.3, 0.4) is 0 Å². The highest BCUT2D eigenvalue weighted by atomic mass is 19.4. The van der Waals surface area contributed by atoms with Crippen LogP contribution in [-0.2, 0) is 10.9 Å². The highest BCUT2D eigenvalue weighted by Gasteiger charge is 2.36. The van der Waals surface area contributed by atoms with E-state index in [0.29, 0.717) is 32.3 Å². The summed E-state index contributed by atoms with van der Waals surface area (Å²) in [5, 5.41) is 12.7. The first-order chi connectivity index (χ1) is 9.30. The smallest absolute Gasteiger partial charge is 0.388 e. The topological polar surface area (TPSA) is 93.3 Å². The van der Waals surface area contributed by atoms with E-state index in [9.17, 15) is 18.3 Å². The molecule has 2 heterocycles. The first kappa shape index (κ1) is 14.8. The summed E-state index contributed by atoms with van der Waals surface area (Å²) in [6, 6.07) is 0. The van der Waals surface area contributed by atoms with E-state index in [4.69, 9.17) is 10.5 Å². The molecule has 1 aliphatic heterocycles. The van der Waals surface area contributed by atoms with Gasteiger partial charge < -0.3 is 20.9 Å². The molecular formula is C11H15F3N4O2. The predicted octanol–water partition coefficient (Wildman–Crippen LogP) is 1.03. The van der Waals surface area contributed by atoms with E-state index in [1.165, 1.54) is 0 Å². The van der Waals surface area contributed by atoms with E-state index in [1.54, 1.807) is 0 Å². The van der Waals surface area contributed by atoms with Gasteiger partial charge in [-0.3, -0.25) is 0 Å². The zero-order valence-corrected chi connectivity index (χ0v) is 10.6. The Morgan fingerprint density at radius 2 is 2.05 bits per heavy atom. The van der Waals surface area contributed by atoms with E-state index in [1.807, 2.05) is 0 Å². The van der Waals surface area contributed by atoms with Crippen molar-refractivity contribution in [3.8, 4) is 0 Å². The monoisotopic (exact) mass is 292 g/mol. The van der Waals surface area contributed by atoms with Gasteiger partial charge in [0.1, 0.15) is 11.4 Å². The zero-order chi connectivity index (χ0) is 14.8. The number of hydrogen-bond donors (Lipinski definition) is 3. The molecule has 1 aromatic rings. The Balaban J connectivity index is 2.14. The van der Waals surface area contributed by atoms with Crippen LogP contribution >= 0.6 is 0 Å². The van der Waals surface area contributed by atoms with Crippen molar-refractivity contribution >= 4 is 11.8 Å². The number of nitrogens with two attached hydrogens (primary N) is 1. The second-order valence-corrected chi connectivity index (χ2v) is 4.68. The Bertz CT molecular complexity index is 475. The summed E-state index contributed by atoms with van der Waals surface area (Å²) in [4.78, 5) is 6.89. The van der Waals surface area contributed by atoms with Crippen molar-refractivity contribution in [2.45, 2.75) is 24.6 Å². The quantitative estimate of drug-likeness (QED) is 0.770. The molecule has 9 heteroatoms. The summed E-state index contributed by atoms with van der Waals surface area (Å²) in [5.41, 5.74) is 3.18. The largest absolute Gasteiger partial charge is 0.421 e. The van der Waals surface area contributed by atoms with Crippen molar-refractivity contribution in [2.24, 2.45) is 0 Å². The van der Waals surface area contributed by atoms with Crippen molar-refractivity contribution in [1.82, 2.24) is 9.97 Å². The lowest BCUT2D eigenvalue weighted by Gasteiger charge is -2.32. The summed E-state index contributed by atoms with van der Waals surface area (Å²) in [6.45, 7) is 0.683. The van der Waals surface area contributed by atoms with Crippen LogP contribution in [0.1, 0.15) is 18.4 Å². The van der Waals surface area contributed by atoms with E-state index in [0.717, 1.165) is 0 Å². The van der Waals surface area contributed by atoms with Gasteiger partial charge in [-0.15, -0.1) is 0 Å². The Morgan fingerprint density at radius 1 is 1.40 bits per heavy atom. The number of alkyl halides is 3. The van der Waals surface area contributed by atoms with E-state index < -0.39 is 23.2 Å². The number of ether oxygens (including phenoxy) is 1. The van der Waals surface area contributed by atoms with E-state index >= 15 is 0 Å². The van der Waals surface area contributed by atoms with Gasteiger partial charge in [-0.05, 0) is 0 Å². The second kappa shape index (κ2) is 5.41. The second-order valence-electron chi connectivity index (χ2n) is 4.68. The lowest BCUT2D eigenvalue weighted by molar-refractivity contribution is -0.137. The number of aromatic nitrogens is 2. The molecule has 20 heavy (non-hydrogen) atoms. The zero-order valence-electron chi connectivity index (χ0n) is 10.6. The molecule has 0 atom stereocenters. The molecule has 0 bridgehead atoms. The molecule has 0 spiro atoms. The molecule has 4 N–H and O–H groups in total. The molecule has 112 valence electrons. The maximum atomic E-state index is 12.8. The average molecular weight is 292 g/mol. The molecule has 0 aliphatic carbocycles. The van der Waals surface area contributed by atoms with Crippen LogP contribution in [0.2, 0.25) is 0 Å².